The van der Waals surface area contributed by atoms with Crippen LogP contribution in [0.4, 0.5) is 0 Å². The maximum absolute atomic E-state index is 11.1. The smallest absolute Gasteiger partial charge is 1.00 e. The Labute approximate surface area is 134 Å². The van der Waals surface area contributed by atoms with Crippen molar-refractivity contribution in [3.63, 3.8) is 0 Å². The predicted octanol–water partition coefficient (Wildman–Crippen LogP) is 0.889. The molecular formula is C14H25NaO3. The third-order valence-corrected chi connectivity index (χ3v) is 2.56. The molecule has 0 unspecified atom stereocenters. The Balaban J connectivity index is -0.00000128. The second-order valence-electron chi connectivity index (χ2n) is 4.15. The van der Waals surface area contributed by atoms with E-state index in [9.17, 15) is 9.59 Å². The van der Waals surface area contributed by atoms with Crippen molar-refractivity contribution < 1.29 is 45.3 Å². The molecule has 0 fully saturated rings. The van der Waals surface area contributed by atoms with Crippen LogP contribution in [-0.2, 0) is 14.3 Å². The first-order valence-electron chi connectivity index (χ1n) is 6.55. The van der Waals surface area contributed by atoms with Crippen molar-refractivity contribution in [1.82, 2.24) is 0 Å². The van der Waals surface area contributed by atoms with Crippen LogP contribution in [0, 0.1) is 0 Å². The molecule has 4 heteroatoms. The summed E-state index contributed by atoms with van der Waals surface area (Å²) in [5.41, 5.74) is 0. The van der Waals surface area contributed by atoms with Crippen molar-refractivity contribution in [2.24, 2.45) is 0 Å². The molecule has 0 bridgehead atoms. The quantitative estimate of drug-likeness (QED) is 0.193. The molecule has 3 nitrogen and oxygen atoms in total. The summed E-state index contributed by atoms with van der Waals surface area (Å²) in [4.78, 5) is 21.9. The van der Waals surface area contributed by atoms with Gasteiger partial charge in [0.2, 0.25) is 0 Å². The van der Waals surface area contributed by atoms with Gasteiger partial charge in [0.1, 0.15) is 0 Å². The maximum atomic E-state index is 11.1. The number of carbonyl (C=O) groups is 2. The van der Waals surface area contributed by atoms with E-state index in [1.54, 1.807) is 6.92 Å². The minimum Gasteiger partial charge on any atom is -1.00 e. The van der Waals surface area contributed by atoms with E-state index in [4.69, 9.17) is 0 Å². The van der Waals surface area contributed by atoms with Crippen LogP contribution in [0.15, 0.2) is 12.7 Å². The monoisotopic (exact) mass is 264 g/mol. The molecule has 0 saturated heterocycles. The minimum atomic E-state index is -0.431. The van der Waals surface area contributed by atoms with Gasteiger partial charge in [-0.05, 0) is 19.3 Å². The molecule has 0 atom stereocenters. The molecule has 100 valence electrons. The third-order valence-electron chi connectivity index (χ3n) is 2.56. The van der Waals surface area contributed by atoms with Gasteiger partial charge < -0.3 is 6.16 Å². The number of carbonyl (C=O) groups excluding carboxylic acids is 2. The first-order chi connectivity index (χ1) is 8.20. The van der Waals surface area contributed by atoms with Gasteiger partial charge in [0.05, 0.1) is 0 Å². The Hall–Kier alpha value is -0.120. The van der Waals surface area contributed by atoms with Crippen molar-refractivity contribution in [1.29, 1.82) is 0 Å². The molecule has 0 aliphatic carbocycles. The Kier molecular flexibility index (Phi) is 16.8. The number of ether oxygens (including phenoxy) is 1. The molecule has 0 amide bonds. The minimum absolute atomic E-state index is 0. The van der Waals surface area contributed by atoms with Crippen molar-refractivity contribution in [2.75, 3.05) is 0 Å². The Morgan fingerprint density at radius 1 is 1.06 bits per heavy atom. The van der Waals surface area contributed by atoms with Crippen molar-refractivity contribution >= 4 is 11.9 Å². The van der Waals surface area contributed by atoms with Crippen LogP contribution < -0.4 is 29.6 Å². The van der Waals surface area contributed by atoms with Gasteiger partial charge in [0.25, 0.3) is 0 Å². The van der Waals surface area contributed by atoms with Crippen LogP contribution >= 0.6 is 0 Å². The van der Waals surface area contributed by atoms with Gasteiger partial charge in [-0.3, -0.25) is 9.59 Å². The van der Waals surface area contributed by atoms with Gasteiger partial charge in [-0.25, -0.2) is 0 Å². The number of rotatable bonds is 10. The molecule has 0 rings (SSSR count). The molecule has 0 aromatic carbocycles. The third kappa shape index (κ3) is 13.9. The van der Waals surface area contributed by atoms with Crippen LogP contribution in [0.25, 0.3) is 0 Å². The van der Waals surface area contributed by atoms with Gasteiger partial charge in [-0.2, -0.15) is 0 Å². The first-order valence-corrected chi connectivity index (χ1v) is 6.55. The SMILES string of the molecule is C=CCCCCCCCCC(=O)OC(=O)CC.[H-].[Na+]. The van der Waals surface area contributed by atoms with Crippen molar-refractivity contribution in [3.05, 3.63) is 12.7 Å². The van der Waals surface area contributed by atoms with Crippen molar-refractivity contribution in [2.45, 2.75) is 64.7 Å². The summed E-state index contributed by atoms with van der Waals surface area (Å²) in [6.07, 6.45) is 10.3. The molecular weight excluding hydrogens is 239 g/mol. The summed E-state index contributed by atoms with van der Waals surface area (Å²) < 4.78 is 4.57. The normalized spacial score (nSPS) is 9.39. The van der Waals surface area contributed by atoms with Crippen LogP contribution in [0.1, 0.15) is 66.1 Å². The predicted molar refractivity (Wildman–Crippen MR) is 69.6 cm³/mol. The second-order valence-corrected chi connectivity index (χ2v) is 4.15. The van der Waals surface area contributed by atoms with E-state index >= 15 is 0 Å². The summed E-state index contributed by atoms with van der Waals surface area (Å²) >= 11 is 0. The maximum Gasteiger partial charge on any atom is 1.00 e. The number of unbranched alkanes of at least 4 members (excludes halogenated alkanes) is 6. The Morgan fingerprint density at radius 2 is 1.61 bits per heavy atom. The molecule has 0 aliphatic rings. The molecule has 0 heterocycles. The van der Waals surface area contributed by atoms with Crippen LogP contribution in [0.5, 0.6) is 0 Å². The van der Waals surface area contributed by atoms with E-state index < -0.39 is 5.97 Å². The topological polar surface area (TPSA) is 43.4 Å². The van der Waals surface area contributed by atoms with E-state index in [1.165, 1.54) is 19.3 Å². The second kappa shape index (κ2) is 14.9. The first kappa shape index (κ1) is 20.2. The Bertz CT molecular complexity index is 245. The van der Waals surface area contributed by atoms with Crippen LogP contribution in [0.3, 0.4) is 0 Å². The Morgan fingerprint density at radius 3 is 2.17 bits per heavy atom. The fourth-order valence-electron chi connectivity index (χ4n) is 1.52. The summed E-state index contributed by atoms with van der Waals surface area (Å²) in [6, 6.07) is 0. The van der Waals surface area contributed by atoms with Crippen LogP contribution in [0.2, 0.25) is 0 Å². The average molecular weight is 264 g/mol. The molecule has 0 spiro atoms. The molecule has 0 aliphatic heterocycles. The summed E-state index contributed by atoms with van der Waals surface area (Å²) in [5.74, 6) is -0.817. The number of hydrogen-bond acceptors (Lipinski definition) is 3. The molecule has 0 aromatic rings. The van der Waals surface area contributed by atoms with E-state index in [0.29, 0.717) is 6.42 Å². The molecule has 0 saturated carbocycles. The number of hydrogen-bond donors (Lipinski definition) is 0. The largest absolute Gasteiger partial charge is 1.00 e. The zero-order valence-corrected chi connectivity index (χ0v) is 13.9. The molecule has 18 heavy (non-hydrogen) atoms. The molecule has 0 radical (unpaired) electrons. The summed E-state index contributed by atoms with van der Waals surface area (Å²) in [6.45, 7) is 5.36. The van der Waals surface area contributed by atoms with E-state index in [-0.39, 0.29) is 43.4 Å². The molecule has 0 N–H and O–H groups in total. The van der Waals surface area contributed by atoms with Gasteiger partial charge in [0.15, 0.2) is 0 Å². The average Bonchev–Trinajstić information content (AvgIpc) is 2.32. The summed E-state index contributed by atoms with van der Waals surface area (Å²) in [5, 5.41) is 0. The zero-order valence-electron chi connectivity index (χ0n) is 12.9. The fraction of sp³-hybridized carbons (Fsp3) is 0.714. The number of esters is 2. The van der Waals surface area contributed by atoms with E-state index in [0.717, 1.165) is 25.7 Å². The van der Waals surface area contributed by atoms with E-state index in [2.05, 4.69) is 11.3 Å². The summed E-state index contributed by atoms with van der Waals surface area (Å²) in [7, 11) is 0. The van der Waals surface area contributed by atoms with Crippen molar-refractivity contribution in [3.8, 4) is 0 Å². The van der Waals surface area contributed by atoms with Gasteiger partial charge >= 0.3 is 41.5 Å². The van der Waals surface area contributed by atoms with Gasteiger partial charge in [0, 0.05) is 12.8 Å². The zero-order chi connectivity index (χ0) is 12.9. The van der Waals surface area contributed by atoms with E-state index in [1.807, 2.05) is 6.08 Å². The van der Waals surface area contributed by atoms with Gasteiger partial charge in [-0.1, -0.05) is 38.7 Å². The number of allylic oxidation sites excluding steroid dienone is 1. The fourth-order valence-corrected chi connectivity index (χ4v) is 1.52. The standard InChI is InChI=1S/C14H24O3.Na.H/c1-3-5-6-7-8-9-10-11-12-14(16)17-13(15)4-2;;/h3H,1,4-12H2,2H3;;/q;+1;-1. The van der Waals surface area contributed by atoms with Crippen LogP contribution in [-0.4, -0.2) is 11.9 Å². The molecule has 0 aromatic heterocycles. The van der Waals surface area contributed by atoms with Gasteiger partial charge in [-0.15, -0.1) is 6.58 Å².